The number of carbonyl (C=O) groups is 2. The summed E-state index contributed by atoms with van der Waals surface area (Å²) >= 11 is 0. The highest BCUT2D eigenvalue weighted by Crippen LogP contribution is 2.16. The van der Waals surface area contributed by atoms with Gasteiger partial charge in [-0.25, -0.2) is 4.79 Å². The van der Waals surface area contributed by atoms with Crippen LogP contribution >= 0.6 is 0 Å². The van der Waals surface area contributed by atoms with E-state index >= 15 is 0 Å². The van der Waals surface area contributed by atoms with E-state index in [0.29, 0.717) is 13.1 Å². The van der Waals surface area contributed by atoms with E-state index in [2.05, 4.69) is 12.1 Å². The van der Waals surface area contributed by atoms with Crippen LogP contribution in [0.1, 0.15) is 18.1 Å². The van der Waals surface area contributed by atoms with Crippen LogP contribution in [0.15, 0.2) is 24.3 Å². The molecule has 2 rings (SSSR count). The molecule has 0 bridgehead atoms. The Hall–Kier alpha value is -1.88. The van der Waals surface area contributed by atoms with Crippen LogP contribution in [0.4, 0.5) is 0 Å². The molecule has 5 heteroatoms. The molecule has 108 valence electrons. The van der Waals surface area contributed by atoms with Crippen LogP contribution in [-0.2, 0) is 27.2 Å². The first kappa shape index (κ1) is 14.5. The molecular formula is C15H20N2O3. The fourth-order valence-electron chi connectivity index (χ4n) is 2.42. The van der Waals surface area contributed by atoms with Crippen molar-refractivity contribution in [1.82, 2.24) is 4.90 Å². The van der Waals surface area contributed by atoms with Gasteiger partial charge in [0.15, 0.2) is 6.04 Å². The lowest BCUT2D eigenvalue weighted by Gasteiger charge is -2.23. The maximum Gasteiger partial charge on any atom is 0.332 e. The Labute approximate surface area is 118 Å². The molecule has 0 aliphatic carbocycles. The lowest BCUT2D eigenvalue weighted by molar-refractivity contribution is -0.150. The van der Waals surface area contributed by atoms with E-state index in [1.54, 1.807) is 11.8 Å². The second kappa shape index (κ2) is 6.52. The third-order valence-corrected chi connectivity index (χ3v) is 3.54. The number of esters is 1. The van der Waals surface area contributed by atoms with Crippen LogP contribution in [0.5, 0.6) is 0 Å². The summed E-state index contributed by atoms with van der Waals surface area (Å²) in [6, 6.07) is 6.95. The molecule has 5 nitrogen and oxygen atoms in total. The first-order valence-electron chi connectivity index (χ1n) is 6.91. The summed E-state index contributed by atoms with van der Waals surface area (Å²) in [5, 5.41) is 0. The average Bonchev–Trinajstić information content (AvgIpc) is 2.68. The molecular weight excluding hydrogens is 256 g/mol. The molecule has 1 amide bonds. The molecule has 1 heterocycles. The van der Waals surface area contributed by atoms with E-state index in [1.165, 1.54) is 11.1 Å². The topological polar surface area (TPSA) is 72.6 Å². The summed E-state index contributed by atoms with van der Waals surface area (Å²) in [6.07, 6.45) is 1.58. The fourth-order valence-corrected chi connectivity index (χ4v) is 2.42. The smallest absolute Gasteiger partial charge is 0.332 e. The van der Waals surface area contributed by atoms with Gasteiger partial charge < -0.3 is 15.4 Å². The second-order valence-electron chi connectivity index (χ2n) is 4.82. The third kappa shape index (κ3) is 3.17. The SMILES string of the molecule is CCOC(=O)C(N)C(=O)N1CCc2ccccc2CC1. The monoisotopic (exact) mass is 276 g/mol. The van der Waals surface area contributed by atoms with E-state index in [1.807, 2.05) is 12.1 Å². The fraction of sp³-hybridized carbons (Fsp3) is 0.467. The van der Waals surface area contributed by atoms with E-state index in [4.69, 9.17) is 10.5 Å². The van der Waals surface area contributed by atoms with Crippen molar-refractivity contribution in [2.45, 2.75) is 25.8 Å². The summed E-state index contributed by atoms with van der Waals surface area (Å²) in [5.41, 5.74) is 8.18. The van der Waals surface area contributed by atoms with Crippen molar-refractivity contribution >= 4 is 11.9 Å². The largest absolute Gasteiger partial charge is 0.464 e. The number of nitrogens with zero attached hydrogens (tertiary/aromatic N) is 1. The summed E-state index contributed by atoms with van der Waals surface area (Å²) in [7, 11) is 0. The maximum absolute atomic E-state index is 12.2. The Morgan fingerprint density at radius 3 is 2.30 bits per heavy atom. The minimum atomic E-state index is -1.21. The summed E-state index contributed by atoms with van der Waals surface area (Å²) in [6.45, 7) is 3.09. The van der Waals surface area contributed by atoms with Gasteiger partial charge in [0, 0.05) is 13.1 Å². The maximum atomic E-state index is 12.2. The molecule has 2 N–H and O–H groups in total. The minimum absolute atomic E-state index is 0.227. The van der Waals surface area contributed by atoms with Crippen molar-refractivity contribution in [3.8, 4) is 0 Å². The van der Waals surface area contributed by atoms with Crippen molar-refractivity contribution in [3.05, 3.63) is 35.4 Å². The zero-order valence-corrected chi connectivity index (χ0v) is 11.7. The van der Waals surface area contributed by atoms with Gasteiger partial charge in [0.1, 0.15) is 0 Å². The molecule has 0 saturated carbocycles. The number of hydrogen-bond acceptors (Lipinski definition) is 4. The Morgan fingerprint density at radius 2 is 1.80 bits per heavy atom. The van der Waals surface area contributed by atoms with Gasteiger partial charge >= 0.3 is 5.97 Å². The zero-order chi connectivity index (χ0) is 14.5. The number of amides is 1. The molecule has 0 fully saturated rings. The third-order valence-electron chi connectivity index (χ3n) is 3.54. The first-order chi connectivity index (χ1) is 9.63. The number of carbonyl (C=O) groups excluding carboxylic acids is 2. The van der Waals surface area contributed by atoms with E-state index < -0.39 is 12.0 Å². The number of nitrogens with two attached hydrogens (primary N) is 1. The highest BCUT2D eigenvalue weighted by atomic mass is 16.5. The van der Waals surface area contributed by atoms with E-state index in [9.17, 15) is 9.59 Å². The Kier molecular flexibility index (Phi) is 4.74. The Balaban J connectivity index is 2.01. The standard InChI is InChI=1S/C15H20N2O3/c1-2-20-15(19)13(16)14(18)17-9-7-11-5-3-4-6-12(11)8-10-17/h3-6,13H,2,7-10,16H2,1H3. The van der Waals surface area contributed by atoms with Crippen molar-refractivity contribution < 1.29 is 14.3 Å². The molecule has 0 spiro atoms. The normalized spacial score (nSPS) is 16.0. The van der Waals surface area contributed by atoms with Crippen molar-refractivity contribution in [2.24, 2.45) is 5.73 Å². The zero-order valence-electron chi connectivity index (χ0n) is 11.7. The van der Waals surface area contributed by atoms with Crippen LogP contribution in [-0.4, -0.2) is 42.5 Å². The average molecular weight is 276 g/mol. The number of hydrogen-bond donors (Lipinski definition) is 1. The molecule has 1 aromatic rings. The molecule has 20 heavy (non-hydrogen) atoms. The summed E-state index contributed by atoms with van der Waals surface area (Å²) < 4.78 is 4.80. The van der Waals surface area contributed by atoms with Gasteiger partial charge in [-0.1, -0.05) is 24.3 Å². The molecule has 1 aliphatic heterocycles. The predicted octanol–water partition coefficient (Wildman–Crippen LogP) is 0.504. The van der Waals surface area contributed by atoms with Gasteiger partial charge in [0.25, 0.3) is 5.91 Å². The van der Waals surface area contributed by atoms with Gasteiger partial charge in [0.2, 0.25) is 0 Å². The van der Waals surface area contributed by atoms with Gasteiger partial charge in [-0.2, -0.15) is 0 Å². The van der Waals surface area contributed by atoms with Crippen LogP contribution in [0.2, 0.25) is 0 Å². The van der Waals surface area contributed by atoms with Gasteiger partial charge in [-0.05, 0) is 30.9 Å². The predicted molar refractivity (Wildman–Crippen MR) is 75.0 cm³/mol. The van der Waals surface area contributed by atoms with Gasteiger partial charge in [-0.3, -0.25) is 4.79 Å². The second-order valence-corrected chi connectivity index (χ2v) is 4.82. The molecule has 0 radical (unpaired) electrons. The lowest BCUT2D eigenvalue weighted by atomic mass is 10.0. The van der Waals surface area contributed by atoms with Crippen LogP contribution in [0, 0.1) is 0 Å². The molecule has 1 aliphatic rings. The van der Waals surface area contributed by atoms with Gasteiger partial charge in [0.05, 0.1) is 6.61 Å². The van der Waals surface area contributed by atoms with E-state index in [0.717, 1.165) is 12.8 Å². The molecule has 1 atom stereocenters. The molecule has 1 unspecified atom stereocenters. The van der Waals surface area contributed by atoms with Crippen molar-refractivity contribution in [3.63, 3.8) is 0 Å². The number of rotatable bonds is 3. The molecule has 0 aromatic heterocycles. The molecule has 0 saturated heterocycles. The number of benzene rings is 1. The van der Waals surface area contributed by atoms with E-state index in [-0.39, 0.29) is 12.5 Å². The first-order valence-corrected chi connectivity index (χ1v) is 6.91. The van der Waals surface area contributed by atoms with Crippen LogP contribution in [0.25, 0.3) is 0 Å². The number of fused-ring (bicyclic) bond motifs is 1. The summed E-state index contributed by atoms with van der Waals surface area (Å²) in [4.78, 5) is 25.4. The quantitative estimate of drug-likeness (QED) is 0.644. The molecule has 1 aromatic carbocycles. The highest BCUT2D eigenvalue weighted by Gasteiger charge is 2.29. The van der Waals surface area contributed by atoms with Crippen molar-refractivity contribution in [1.29, 1.82) is 0 Å². The Morgan fingerprint density at radius 1 is 1.25 bits per heavy atom. The minimum Gasteiger partial charge on any atom is -0.464 e. The van der Waals surface area contributed by atoms with Crippen LogP contribution in [0.3, 0.4) is 0 Å². The van der Waals surface area contributed by atoms with Crippen LogP contribution < -0.4 is 5.73 Å². The number of ether oxygens (including phenoxy) is 1. The lowest BCUT2D eigenvalue weighted by Crippen LogP contribution is -2.49. The summed E-state index contributed by atoms with van der Waals surface area (Å²) in [5.74, 6) is -1.00. The van der Waals surface area contributed by atoms with Crippen molar-refractivity contribution in [2.75, 3.05) is 19.7 Å². The Bertz CT molecular complexity index is 475. The van der Waals surface area contributed by atoms with Gasteiger partial charge in [-0.15, -0.1) is 0 Å². The highest BCUT2D eigenvalue weighted by molar-refractivity contribution is 6.01.